The van der Waals surface area contributed by atoms with E-state index in [1.54, 1.807) is 27.7 Å². The Bertz CT molecular complexity index is 442. The van der Waals surface area contributed by atoms with E-state index in [-0.39, 0.29) is 17.4 Å². The van der Waals surface area contributed by atoms with Crippen molar-refractivity contribution in [1.82, 2.24) is 0 Å². The molecule has 0 spiro atoms. The molecule has 0 saturated carbocycles. The summed E-state index contributed by atoms with van der Waals surface area (Å²) in [6.45, 7) is 6.70. The maximum Gasteiger partial charge on any atom is 0.416 e. The normalized spacial score (nSPS) is 13.9. The zero-order valence-corrected chi connectivity index (χ0v) is 11.9. The fourth-order valence-electron chi connectivity index (χ4n) is 1.67. The Labute approximate surface area is 116 Å². The summed E-state index contributed by atoms with van der Waals surface area (Å²) in [5, 5.41) is 9.74. The van der Waals surface area contributed by atoms with Gasteiger partial charge in [-0.25, -0.2) is 0 Å². The van der Waals surface area contributed by atoms with Crippen molar-refractivity contribution in [2.45, 2.75) is 52.4 Å². The minimum atomic E-state index is -4.59. The second-order valence-corrected chi connectivity index (χ2v) is 4.95. The Morgan fingerprint density at radius 2 is 1.65 bits per heavy atom. The van der Waals surface area contributed by atoms with Crippen LogP contribution in [0.1, 0.15) is 45.1 Å². The molecule has 0 fully saturated rings. The van der Waals surface area contributed by atoms with Crippen LogP contribution in [-0.2, 0) is 10.9 Å². The lowest BCUT2D eigenvalue weighted by Crippen LogP contribution is -2.17. The highest BCUT2D eigenvalue weighted by molar-refractivity contribution is 5.38. The molecule has 1 N–H and O–H groups in total. The fourth-order valence-corrected chi connectivity index (χ4v) is 1.67. The van der Waals surface area contributed by atoms with E-state index in [1.807, 2.05) is 0 Å². The average molecular weight is 292 g/mol. The Hall–Kier alpha value is -1.27. The third-order valence-corrected chi connectivity index (χ3v) is 2.37. The lowest BCUT2D eigenvalue weighted by Gasteiger charge is -2.21. The van der Waals surface area contributed by atoms with Crippen molar-refractivity contribution in [2.24, 2.45) is 0 Å². The molecule has 0 aliphatic rings. The number of alkyl halides is 3. The molecule has 0 heterocycles. The first-order valence-corrected chi connectivity index (χ1v) is 6.32. The largest absolute Gasteiger partial charge is 0.491 e. The van der Waals surface area contributed by atoms with Crippen molar-refractivity contribution < 1.29 is 27.8 Å². The van der Waals surface area contributed by atoms with Gasteiger partial charge >= 0.3 is 6.18 Å². The van der Waals surface area contributed by atoms with Crippen LogP contribution in [0.25, 0.3) is 0 Å². The number of halogens is 3. The van der Waals surface area contributed by atoms with Crippen LogP contribution in [0.15, 0.2) is 18.2 Å². The van der Waals surface area contributed by atoms with Crippen LogP contribution in [0.4, 0.5) is 13.2 Å². The van der Waals surface area contributed by atoms with Crippen molar-refractivity contribution in [2.75, 3.05) is 0 Å². The molecule has 0 aromatic heterocycles. The molecule has 1 aromatic rings. The van der Waals surface area contributed by atoms with Crippen molar-refractivity contribution >= 4 is 0 Å². The highest BCUT2D eigenvalue weighted by Crippen LogP contribution is 2.37. The topological polar surface area (TPSA) is 38.7 Å². The quantitative estimate of drug-likeness (QED) is 0.836. The van der Waals surface area contributed by atoms with Gasteiger partial charge in [-0.15, -0.1) is 0 Å². The summed E-state index contributed by atoms with van der Waals surface area (Å²) in [5.74, 6) is 0.104. The summed E-state index contributed by atoms with van der Waals surface area (Å²) in [5.41, 5.74) is -1.27. The van der Waals surface area contributed by atoms with Crippen molar-refractivity contribution in [3.63, 3.8) is 0 Å². The van der Waals surface area contributed by atoms with Crippen molar-refractivity contribution in [3.05, 3.63) is 29.3 Å². The smallest absolute Gasteiger partial charge is 0.416 e. The molecule has 0 aliphatic heterocycles. The predicted molar refractivity (Wildman–Crippen MR) is 68.4 cm³/mol. The average Bonchev–Trinajstić information content (AvgIpc) is 2.25. The van der Waals surface area contributed by atoms with Crippen molar-refractivity contribution in [3.8, 4) is 5.75 Å². The van der Waals surface area contributed by atoms with Crippen LogP contribution < -0.4 is 4.74 Å². The maximum absolute atomic E-state index is 13.0. The molecule has 1 rings (SSSR count). The molecule has 1 atom stereocenters. The van der Waals surface area contributed by atoms with E-state index in [0.29, 0.717) is 0 Å². The second-order valence-electron chi connectivity index (χ2n) is 4.95. The van der Waals surface area contributed by atoms with Gasteiger partial charge in [-0.3, -0.25) is 0 Å². The van der Waals surface area contributed by atoms with Gasteiger partial charge in [0, 0.05) is 5.56 Å². The molecule has 20 heavy (non-hydrogen) atoms. The number of hydrogen-bond donors (Lipinski definition) is 1. The lowest BCUT2D eigenvalue weighted by molar-refractivity contribution is -0.154. The van der Waals surface area contributed by atoms with Gasteiger partial charge in [0.15, 0.2) is 6.29 Å². The minimum absolute atomic E-state index is 0.104. The highest BCUT2D eigenvalue weighted by atomic mass is 19.4. The summed E-state index contributed by atoms with van der Waals surface area (Å²) < 4.78 is 49.4. The number of benzene rings is 1. The number of aliphatic hydroxyl groups is 1. The fraction of sp³-hybridized carbons (Fsp3) is 0.571. The highest BCUT2D eigenvalue weighted by Gasteiger charge is 2.36. The number of rotatable bonds is 5. The summed E-state index contributed by atoms with van der Waals surface area (Å²) in [6.07, 6.45) is -6.84. The Kier molecular flexibility index (Phi) is 5.42. The molecule has 0 amide bonds. The maximum atomic E-state index is 13.0. The van der Waals surface area contributed by atoms with Crippen LogP contribution in [0, 0.1) is 0 Å². The Balaban J connectivity index is 3.17. The van der Waals surface area contributed by atoms with Crippen LogP contribution in [-0.4, -0.2) is 17.3 Å². The van der Waals surface area contributed by atoms with Gasteiger partial charge in [0.2, 0.25) is 0 Å². The molecule has 0 radical (unpaired) electrons. The van der Waals surface area contributed by atoms with Crippen LogP contribution in [0.5, 0.6) is 5.75 Å². The van der Waals surface area contributed by atoms with Gasteiger partial charge in [0.25, 0.3) is 0 Å². The van der Waals surface area contributed by atoms with E-state index in [2.05, 4.69) is 0 Å². The molecule has 1 aromatic carbocycles. The second kappa shape index (κ2) is 6.45. The molecule has 1 unspecified atom stereocenters. The molecule has 6 heteroatoms. The molecule has 3 nitrogen and oxygen atoms in total. The van der Waals surface area contributed by atoms with Gasteiger partial charge in [0.05, 0.1) is 17.8 Å². The standard InChI is InChI=1S/C14H19F3O3/c1-8(2)19-10-5-6-11(13(18)20-9(3)4)12(7-10)14(15,16)17/h5-9,13,18H,1-4H3. The molecular weight excluding hydrogens is 273 g/mol. The lowest BCUT2D eigenvalue weighted by atomic mass is 10.1. The Morgan fingerprint density at radius 1 is 1.05 bits per heavy atom. The molecule has 114 valence electrons. The molecule has 0 bridgehead atoms. The minimum Gasteiger partial charge on any atom is -0.491 e. The monoisotopic (exact) mass is 292 g/mol. The zero-order chi connectivity index (χ0) is 15.5. The zero-order valence-electron chi connectivity index (χ0n) is 11.9. The van der Waals surface area contributed by atoms with E-state index in [0.717, 1.165) is 6.07 Å². The van der Waals surface area contributed by atoms with E-state index in [4.69, 9.17) is 9.47 Å². The number of ether oxygens (including phenoxy) is 2. The van der Waals surface area contributed by atoms with E-state index >= 15 is 0 Å². The summed E-state index contributed by atoms with van der Waals surface area (Å²) in [6, 6.07) is 3.44. The van der Waals surface area contributed by atoms with E-state index in [1.165, 1.54) is 12.1 Å². The first-order chi connectivity index (χ1) is 9.11. The van der Waals surface area contributed by atoms with Crippen molar-refractivity contribution in [1.29, 1.82) is 0 Å². The summed E-state index contributed by atoms with van der Waals surface area (Å²) in [7, 11) is 0. The van der Waals surface area contributed by atoms with E-state index < -0.39 is 24.1 Å². The van der Waals surface area contributed by atoms with Crippen LogP contribution in [0.3, 0.4) is 0 Å². The number of aliphatic hydroxyl groups excluding tert-OH is 1. The SMILES string of the molecule is CC(C)Oc1ccc(C(O)OC(C)C)c(C(F)(F)F)c1. The van der Waals surface area contributed by atoms with E-state index in [9.17, 15) is 18.3 Å². The molecular formula is C14H19F3O3. The summed E-state index contributed by atoms with van der Waals surface area (Å²) >= 11 is 0. The van der Waals surface area contributed by atoms with Gasteiger partial charge < -0.3 is 14.6 Å². The third-order valence-electron chi connectivity index (χ3n) is 2.37. The van der Waals surface area contributed by atoms with Gasteiger partial charge in [0.1, 0.15) is 5.75 Å². The van der Waals surface area contributed by atoms with Crippen LogP contribution in [0.2, 0.25) is 0 Å². The van der Waals surface area contributed by atoms with Gasteiger partial charge in [-0.2, -0.15) is 13.2 Å². The molecule has 0 saturated heterocycles. The number of hydrogen-bond acceptors (Lipinski definition) is 3. The predicted octanol–water partition coefficient (Wildman–Crippen LogP) is 3.91. The molecule has 0 aliphatic carbocycles. The Morgan fingerprint density at radius 3 is 2.10 bits per heavy atom. The van der Waals surface area contributed by atoms with Gasteiger partial charge in [-0.1, -0.05) is 0 Å². The first kappa shape index (κ1) is 16.8. The summed E-state index contributed by atoms with van der Waals surface area (Å²) in [4.78, 5) is 0. The van der Waals surface area contributed by atoms with Gasteiger partial charge in [-0.05, 0) is 45.9 Å². The van der Waals surface area contributed by atoms with Crippen LogP contribution >= 0.6 is 0 Å². The first-order valence-electron chi connectivity index (χ1n) is 6.32. The third kappa shape index (κ3) is 4.68.